The van der Waals surface area contributed by atoms with E-state index in [9.17, 15) is 19.8 Å². The average molecular weight is 362 g/mol. The lowest BCUT2D eigenvalue weighted by atomic mass is 9.78. The highest BCUT2D eigenvalue weighted by Gasteiger charge is 2.55. The van der Waals surface area contributed by atoms with Gasteiger partial charge in [-0.2, -0.15) is 0 Å². The largest absolute Gasteiger partial charge is 0.458 e. The lowest BCUT2D eigenvalue weighted by Gasteiger charge is -2.29. The molecule has 6 nitrogen and oxygen atoms in total. The van der Waals surface area contributed by atoms with Gasteiger partial charge in [0.2, 0.25) is 0 Å². The van der Waals surface area contributed by atoms with E-state index in [1.165, 1.54) is 6.08 Å². The van der Waals surface area contributed by atoms with Crippen LogP contribution in [0.4, 0.5) is 0 Å². The van der Waals surface area contributed by atoms with Crippen LogP contribution in [0.1, 0.15) is 26.7 Å². The number of hydrogen-bond donors (Lipinski definition) is 2. The molecule has 0 aromatic carbocycles. The van der Waals surface area contributed by atoms with E-state index in [0.717, 1.165) is 12.0 Å². The molecule has 3 aliphatic rings. The molecule has 2 fully saturated rings. The Balaban J connectivity index is 1.96. The zero-order valence-electron chi connectivity index (χ0n) is 15.2. The van der Waals surface area contributed by atoms with E-state index in [1.807, 2.05) is 6.92 Å². The molecule has 0 bridgehead atoms. The van der Waals surface area contributed by atoms with Crippen molar-refractivity contribution in [2.24, 2.45) is 23.7 Å². The summed E-state index contributed by atoms with van der Waals surface area (Å²) in [5.41, 5.74) is 1.62. The Kier molecular flexibility index (Phi) is 5.34. The molecule has 142 valence electrons. The smallest absolute Gasteiger partial charge is 0.336 e. The van der Waals surface area contributed by atoms with E-state index >= 15 is 0 Å². The number of hydrogen-bond acceptors (Lipinski definition) is 6. The Morgan fingerprint density at radius 2 is 2.15 bits per heavy atom. The number of rotatable bonds is 4. The Labute approximate surface area is 153 Å². The fourth-order valence-corrected chi connectivity index (χ4v) is 4.71. The summed E-state index contributed by atoms with van der Waals surface area (Å²) in [5, 5.41) is 19.3. The van der Waals surface area contributed by atoms with Gasteiger partial charge in [0.1, 0.15) is 12.2 Å². The van der Waals surface area contributed by atoms with Gasteiger partial charge in [0.15, 0.2) is 0 Å². The second-order valence-electron chi connectivity index (χ2n) is 7.39. The maximum atomic E-state index is 12.4. The third-order valence-corrected chi connectivity index (χ3v) is 6.13. The summed E-state index contributed by atoms with van der Waals surface area (Å²) in [5.74, 6) is -1.41. The highest BCUT2D eigenvalue weighted by atomic mass is 16.6. The first kappa shape index (κ1) is 18.9. The van der Waals surface area contributed by atoms with E-state index < -0.39 is 36.7 Å². The Morgan fingerprint density at radius 1 is 1.42 bits per heavy atom. The Bertz CT molecular complexity index is 676. The molecule has 6 atom stereocenters. The van der Waals surface area contributed by atoms with Gasteiger partial charge in [0.05, 0.1) is 18.1 Å². The molecule has 1 aliphatic heterocycles. The van der Waals surface area contributed by atoms with E-state index in [1.54, 1.807) is 6.92 Å². The second-order valence-corrected chi connectivity index (χ2v) is 7.39. The molecule has 0 radical (unpaired) electrons. The van der Waals surface area contributed by atoms with E-state index in [2.05, 4.69) is 12.7 Å². The number of fused-ring (bicyclic) bond motifs is 3. The molecule has 1 unspecified atom stereocenters. The van der Waals surface area contributed by atoms with Crippen molar-refractivity contribution in [2.45, 2.75) is 38.9 Å². The quantitative estimate of drug-likeness (QED) is 0.448. The SMILES string of the molecule is C=C1C(=O)O[C@@H]2[C@H]3C(C)=CC[C@H]3[C@H](CO)CC(OC(=O)/C(=C/C)CO)[C@@H]12. The first-order valence-electron chi connectivity index (χ1n) is 9.07. The van der Waals surface area contributed by atoms with Crippen LogP contribution >= 0.6 is 0 Å². The second kappa shape index (κ2) is 7.37. The van der Waals surface area contributed by atoms with Gasteiger partial charge < -0.3 is 19.7 Å². The summed E-state index contributed by atoms with van der Waals surface area (Å²) >= 11 is 0. The van der Waals surface area contributed by atoms with Crippen LogP contribution in [-0.4, -0.2) is 47.6 Å². The zero-order valence-corrected chi connectivity index (χ0v) is 15.2. The number of esters is 2. The minimum Gasteiger partial charge on any atom is -0.458 e. The topological polar surface area (TPSA) is 93.1 Å². The van der Waals surface area contributed by atoms with Crippen LogP contribution < -0.4 is 0 Å². The van der Waals surface area contributed by atoms with Crippen LogP contribution in [0.3, 0.4) is 0 Å². The average Bonchev–Trinajstić information content (AvgIpc) is 3.08. The van der Waals surface area contributed by atoms with Gasteiger partial charge in [0.25, 0.3) is 0 Å². The van der Waals surface area contributed by atoms with E-state index in [0.29, 0.717) is 12.0 Å². The molecule has 26 heavy (non-hydrogen) atoms. The maximum Gasteiger partial charge on any atom is 0.336 e. The third kappa shape index (κ3) is 3.01. The van der Waals surface area contributed by atoms with Crippen molar-refractivity contribution in [2.75, 3.05) is 13.2 Å². The standard InChI is InChI=1S/C20H26O6/c1-4-12(8-21)20(24)25-15-7-13(9-22)14-6-5-10(2)16(14)18-17(15)11(3)19(23)26-18/h4-5,13-18,21-22H,3,6-9H2,1-2H3/b12-4+/t13-,14-,15?,16-,17+,18+/m0/s1. The molecule has 2 N–H and O–H groups in total. The molecule has 3 rings (SSSR count). The summed E-state index contributed by atoms with van der Waals surface area (Å²) in [7, 11) is 0. The molecule has 0 aromatic heterocycles. The summed E-state index contributed by atoms with van der Waals surface area (Å²) in [6, 6.07) is 0. The van der Waals surface area contributed by atoms with Crippen molar-refractivity contribution >= 4 is 11.9 Å². The number of aliphatic hydroxyl groups is 2. The molecule has 6 heteroatoms. The lowest BCUT2D eigenvalue weighted by molar-refractivity contribution is -0.149. The van der Waals surface area contributed by atoms with Gasteiger partial charge in [-0.3, -0.25) is 0 Å². The van der Waals surface area contributed by atoms with E-state index in [4.69, 9.17) is 9.47 Å². The van der Waals surface area contributed by atoms with Crippen LogP contribution in [0.15, 0.2) is 35.5 Å². The molecule has 1 saturated heterocycles. The van der Waals surface area contributed by atoms with Gasteiger partial charge in [-0.25, -0.2) is 9.59 Å². The van der Waals surface area contributed by atoms with Gasteiger partial charge >= 0.3 is 11.9 Å². The van der Waals surface area contributed by atoms with Crippen LogP contribution in [0.25, 0.3) is 0 Å². The maximum absolute atomic E-state index is 12.4. The van der Waals surface area contributed by atoms with Crippen LogP contribution in [0, 0.1) is 23.7 Å². The van der Waals surface area contributed by atoms with Crippen LogP contribution in [0.5, 0.6) is 0 Å². The molecule has 0 spiro atoms. The number of carbonyl (C=O) groups excluding carboxylic acids is 2. The fourth-order valence-electron chi connectivity index (χ4n) is 4.71. The van der Waals surface area contributed by atoms with Gasteiger partial charge in [-0.15, -0.1) is 0 Å². The van der Waals surface area contributed by atoms with Gasteiger partial charge in [0, 0.05) is 18.1 Å². The fraction of sp³-hybridized carbons (Fsp3) is 0.600. The minimum atomic E-state index is -0.622. The third-order valence-electron chi connectivity index (χ3n) is 6.13. The molecule has 1 heterocycles. The molecule has 1 saturated carbocycles. The Morgan fingerprint density at radius 3 is 2.77 bits per heavy atom. The molecular formula is C20H26O6. The van der Waals surface area contributed by atoms with Gasteiger partial charge in [-0.1, -0.05) is 24.3 Å². The summed E-state index contributed by atoms with van der Waals surface area (Å²) in [6.45, 7) is 7.11. The van der Waals surface area contributed by atoms with Crippen molar-refractivity contribution in [1.29, 1.82) is 0 Å². The van der Waals surface area contributed by atoms with Crippen molar-refractivity contribution in [3.63, 3.8) is 0 Å². The van der Waals surface area contributed by atoms with Gasteiger partial charge in [-0.05, 0) is 38.5 Å². The number of ether oxygens (including phenoxy) is 2. The molecule has 0 amide bonds. The predicted molar refractivity (Wildman–Crippen MR) is 93.8 cm³/mol. The number of carbonyl (C=O) groups is 2. The summed E-state index contributed by atoms with van der Waals surface area (Å²) in [4.78, 5) is 24.6. The summed E-state index contributed by atoms with van der Waals surface area (Å²) in [6.07, 6.45) is 3.84. The van der Waals surface area contributed by atoms with Crippen molar-refractivity contribution in [3.05, 3.63) is 35.5 Å². The highest BCUT2D eigenvalue weighted by molar-refractivity contribution is 5.92. The zero-order chi connectivity index (χ0) is 19.0. The highest BCUT2D eigenvalue weighted by Crippen LogP contribution is 2.51. The number of aliphatic hydroxyl groups excluding tert-OH is 2. The monoisotopic (exact) mass is 362 g/mol. The predicted octanol–water partition coefficient (Wildman–Crippen LogP) is 1.53. The first-order valence-corrected chi connectivity index (χ1v) is 9.07. The molecule has 0 aromatic rings. The van der Waals surface area contributed by atoms with Crippen molar-refractivity contribution < 1.29 is 29.3 Å². The minimum absolute atomic E-state index is 0.00285. The van der Waals surface area contributed by atoms with Crippen LogP contribution in [-0.2, 0) is 19.1 Å². The van der Waals surface area contributed by atoms with E-state index in [-0.39, 0.29) is 29.9 Å². The van der Waals surface area contributed by atoms with Crippen molar-refractivity contribution in [3.8, 4) is 0 Å². The normalized spacial score (nSPS) is 36.8. The number of allylic oxidation sites excluding steroid dienone is 2. The van der Waals surface area contributed by atoms with Crippen LogP contribution in [0.2, 0.25) is 0 Å². The Hall–Kier alpha value is -1.92. The summed E-state index contributed by atoms with van der Waals surface area (Å²) < 4.78 is 11.3. The van der Waals surface area contributed by atoms with Crippen molar-refractivity contribution in [1.82, 2.24) is 0 Å². The lowest BCUT2D eigenvalue weighted by Crippen LogP contribution is -2.36. The first-order chi connectivity index (χ1) is 12.4. The molecular weight excluding hydrogens is 336 g/mol. The molecule has 2 aliphatic carbocycles.